The lowest BCUT2D eigenvalue weighted by molar-refractivity contribution is -0.0359. The molecule has 0 aromatic heterocycles. The summed E-state index contributed by atoms with van der Waals surface area (Å²) >= 11 is 0. The number of piperidine rings is 1. The van der Waals surface area contributed by atoms with Gasteiger partial charge >= 0.3 is 0 Å². The molecule has 2 fully saturated rings. The van der Waals surface area contributed by atoms with Crippen molar-refractivity contribution in [2.45, 2.75) is 51.7 Å². The van der Waals surface area contributed by atoms with Crippen molar-refractivity contribution in [3.8, 4) is 0 Å². The lowest BCUT2D eigenvalue weighted by atomic mass is 9.77. The molecule has 100 valence electrons. The third-order valence-electron chi connectivity index (χ3n) is 4.31. The molecule has 1 saturated heterocycles. The van der Waals surface area contributed by atoms with E-state index in [-0.39, 0.29) is 0 Å². The van der Waals surface area contributed by atoms with Gasteiger partial charge in [0.2, 0.25) is 0 Å². The third-order valence-corrected chi connectivity index (χ3v) is 4.31. The first-order valence-electron chi connectivity index (χ1n) is 7.41. The summed E-state index contributed by atoms with van der Waals surface area (Å²) in [7, 11) is 0. The average molecular weight is 240 g/mol. The molecule has 0 spiro atoms. The first-order valence-corrected chi connectivity index (χ1v) is 7.41. The number of nitrogens with one attached hydrogen (secondary N) is 1. The normalized spacial score (nSPS) is 34.6. The minimum absolute atomic E-state index is 0.495. The molecule has 3 nitrogen and oxygen atoms in total. The Morgan fingerprint density at radius 2 is 2.12 bits per heavy atom. The van der Waals surface area contributed by atoms with Crippen LogP contribution in [0.15, 0.2) is 0 Å². The van der Waals surface area contributed by atoms with Crippen LogP contribution in [-0.2, 0) is 4.74 Å². The molecule has 2 rings (SSSR count). The summed E-state index contributed by atoms with van der Waals surface area (Å²) in [5, 5.41) is 3.50. The number of hydrogen-bond donors (Lipinski definition) is 1. The zero-order valence-corrected chi connectivity index (χ0v) is 11.5. The van der Waals surface area contributed by atoms with Gasteiger partial charge in [-0.25, -0.2) is 0 Å². The first kappa shape index (κ1) is 13.3. The fraction of sp³-hybridized carbons (Fsp3) is 1.00. The molecule has 1 N–H and O–H groups in total. The van der Waals surface area contributed by atoms with Crippen molar-refractivity contribution < 1.29 is 4.74 Å². The lowest BCUT2D eigenvalue weighted by Gasteiger charge is -2.47. The second kappa shape index (κ2) is 6.72. The van der Waals surface area contributed by atoms with Gasteiger partial charge in [0.05, 0.1) is 6.10 Å². The fourth-order valence-electron chi connectivity index (χ4n) is 3.24. The highest BCUT2D eigenvalue weighted by molar-refractivity contribution is 4.92. The Balaban J connectivity index is 1.77. The Morgan fingerprint density at radius 1 is 1.24 bits per heavy atom. The summed E-state index contributed by atoms with van der Waals surface area (Å²) in [5.41, 5.74) is 0. The average Bonchev–Trinajstić information content (AvgIpc) is 2.29. The number of likely N-dealkylation sites (tertiary alicyclic amines) is 1. The van der Waals surface area contributed by atoms with Crippen LogP contribution in [0.2, 0.25) is 0 Å². The highest BCUT2D eigenvalue weighted by Crippen LogP contribution is 2.33. The smallest absolute Gasteiger partial charge is 0.0702 e. The molecule has 17 heavy (non-hydrogen) atoms. The van der Waals surface area contributed by atoms with E-state index >= 15 is 0 Å². The van der Waals surface area contributed by atoms with Gasteiger partial charge in [0.25, 0.3) is 0 Å². The summed E-state index contributed by atoms with van der Waals surface area (Å²) < 4.78 is 5.79. The van der Waals surface area contributed by atoms with Gasteiger partial charge in [0.1, 0.15) is 0 Å². The van der Waals surface area contributed by atoms with Gasteiger partial charge in [-0.15, -0.1) is 0 Å². The molecule has 0 bridgehead atoms. The molecule has 0 amide bonds. The van der Waals surface area contributed by atoms with E-state index in [0.29, 0.717) is 6.10 Å². The molecule has 2 aliphatic rings. The Bertz CT molecular complexity index is 220. The van der Waals surface area contributed by atoms with E-state index in [9.17, 15) is 0 Å². The molecule has 3 atom stereocenters. The third kappa shape index (κ3) is 3.43. The van der Waals surface area contributed by atoms with Crippen molar-refractivity contribution in [2.24, 2.45) is 5.92 Å². The summed E-state index contributed by atoms with van der Waals surface area (Å²) in [4.78, 5) is 2.69. The second-order valence-corrected chi connectivity index (χ2v) is 5.43. The molecular formula is C14H28N2O. The fourth-order valence-corrected chi connectivity index (χ4v) is 3.24. The van der Waals surface area contributed by atoms with E-state index < -0.39 is 0 Å². The quantitative estimate of drug-likeness (QED) is 0.767. The van der Waals surface area contributed by atoms with E-state index in [1.165, 1.54) is 45.3 Å². The maximum atomic E-state index is 5.79. The van der Waals surface area contributed by atoms with Crippen LogP contribution >= 0.6 is 0 Å². The number of hydrogen-bond acceptors (Lipinski definition) is 3. The van der Waals surface area contributed by atoms with Gasteiger partial charge in [-0.1, -0.05) is 6.92 Å². The molecule has 0 radical (unpaired) electrons. The highest BCUT2D eigenvalue weighted by Gasteiger charge is 2.37. The van der Waals surface area contributed by atoms with Gasteiger partial charge in [-0.3, -0.25) is 4.90 Å². The van der Waals surface area contributed by atoms with Crippen molar-refractivity contribution in [3.63, 3.8) is 0 Å². The van der Waals surface area contributed by atoms with Gasteiger partial charge in [-0.05, 0) is 58.2 Å². The maximum absolute atomic E-state index is 5.79. The summed E-state index contributed by atoms with van der Waals surface area (Å²) in [6.45, 7) is 9.93. The lowest BCUT2D eigenvalue weighted by Crippen LogP contribution is -2.54. The number of nitrogens with zero attached hydrogens (tertiary/aromatic N) is 1. The van der Waals surface area contributed by atoms with Gasteiger partial charge in [-0.2, -0.15) is 0 Å². The molecule has 1 aliphatic heterocycles. The summed E-state index contributed by atoms with van der Waals surface area (Å²) in [6, 6.07) is 0.831. The zero-order chi connectivity index (χ0) is 12.1. The predicted molar refractivity (Wildman–Crippen MR) is 71.3 cm³/mol. The first-order chi connectivity index (χ1) is 8.35. The standard InChI is InChI=1S/C14H28N2O/c1-3-15-10-12-7-8-14(12)16-9-5-6-13(11-16)17-4-2/h12-15H,3-11H2,1-2H3. The van der Waals surface area contributed by atoms with Crippen LogP contribution in [0.3, 0.4) is 0 Å². The van der Waals surface area contributed by atoms with E-state index in [1.54, 1.807) is 0 Å². The molecule has 0 aromatic rings. The molecule has 1 saturated carbocycles. The van der Waals surface area contributed by atoms with E-state index in [0.717, 1.165) is 25.1 Å². The van der Waals surface area contributed by atoms with Crippen LogP contribution in [0, 0.1) is 5.92 Å². The van der Waals surface area contributed by atoms with Crippen molar-refractivity contribution in [3.05, 3.63) is 0 Å². The molecular weight excluding hydrogens is 212 g/mol. The second-order valence-electron chi connectivity index (χ2n) is 5.43. The van der Waals surface area contributed by atoms with Gasteiger partial charge < -0.3 is 10.1 Å². The van der Waals surface area contributed by atoms with Crippen molar-refractivity contribution in [2.75, 3.05) is 32.8 Å². The summed E-state index contributed by atoms with van der Waals surface area (Å²) in [6.07, 6.45) is 5.88. The molecule has 3 heteroatoms. The van der Waals surface area contributed by atoms with Crippen LogP contribution in [0.5, 0.6) is 0 Å². The highest BCUT2D eigenvalue weighted by atomic mass is 16.5. The minimum Gasteiger partial charge on any atom is -0.377 e. The van der Waals surface area contributed by atoms with Crippen LogP contribution in [-0.4, -0.2) is 49.8 Å². The summed E-state index contributed by atoms with van der Waals surface area (Å²) in [5.74, 6) is 0.885. The van der Waals surface area contributed by atoms with E-state index in [4.69, 9.17) is 4.74 Å². The van der Waals surface area contributed by atoms with Crippen LogP contribution in [0.1, 0.15) is 39.5 Å². The maximum Gasteiger partial charge on any atom is 0.0702 e. The van der Waals surface area contributed by atoms with Gasteiger partial charge in [0.15, 0.2) is 0 Å². The Kier molecular flexibility index (Phi) is 5.26. The van der Waals surface area contributed by atoms with Crippen LogP contribution < -0.4 is 5.32 Å². The molecule has 3 unspecified atom stereocenters. The van der Waals surface area contributed by atoms with Crippen LogP contribution in [0.4, 0.5) is 0 Å². The van der Waals surface area contributed by atoms with Gasteiger partial charge in [0, 0.05) is 19.2 Å². The van der Waals surface area contributed by atoms with Crippen molar-refractivity contribution in [1.82, 2.24) is 10.2 Å². The van der Waals surface area contributed by atoms with Crippen molar-refractivity contribution >= 4 is 0 Å². The van der Waals surface area contributed by atoms with E-state index in [2.05, 4.69) is 24.1 Å². The molecule has 1 aliphatic carbocycles. The topological polar surface area (TPSA) is 24.5 Å². The molecule has 1 heterocycles. The number of rotatable bonds is 6. The van der Waals surface area contributed by atoms with Crippen molar-refractivity contribution in [1.29, 1.82) is 0 Å². The SMILES string of the molecule is CCNCC1CCC1N1CCCC(OCC)C1. The zero-order valence-electron chi connectivity index (χ0n) is 11.5. The molecule has 0 aromatic carbocycles. The predicted octanol–water partition coefficient (Wildman–Crippen LogP) is 1.88. The van der Waals surface area contributed by atoms with E-state index in [1.807, 2.05) is 0 Å². The van der Waals surface area contributed by atoms with Crippen LogP contribution in [0.25, 0.3) is 0 Å². The monoisotopic (exact) mass is 240 g/mol. The Hall–Kier alpha value is -0.120. The Morgan fingerprint density at radius 3 is 2.76 bits per heavy atom. The number of ether oxygens (including phenoxy) is 1. The largest absolute Gasteiger partial charge is 0.377 e. The minimum atomic E-state index is 0.495. The Labute approximate surface area is 106 Å².